The maximum absolute atomic E-state index is 12.4. The van der Waals surface area contributed by atoms with Crippen LogP contribution in [0.4, 0.5) is 0 Å². The Balaban J connectivity index is 2.08. The van der Waals surface area contributed by atoms with E-state index in [-0.39, 0.29) is 0 Å². The van der Waals surface area contributed by atoms with Gasteiger partial charge in [-0.05, 0) is 6.92 Å². The molecule has 3 aliphatic heterocycles. The lowest BCUT2D eigenvalue weighted by Crippen LogP contribution is -2.70. The van der Waals surface area contributed by atoms with Crippen molar-refractivity contribution < 1.29 is 99.6 Å². The number of aliphatic hydroxyl groups is 13. The average Bonchev–Trinajstić information content (AvgIpc) is 3.05. The highest BCUT2D eigenvalue weighted by Crippen LogP contribution is 2.34. The van der Waals surface area contributed by atoms with E-state index in [4.69, 9.17) is 28.4 Å². The van der Waals surface area contributed by atoms with Gasteiger partial charge in [0, 0.05) is 6.92 Å². The van der Waals surface area contributed by atoms with Crippen LogP contribution in [-0.4, -0.2) is 215 Å². The highest BCUT2D eigenvalue weighted by Gasteiger charge is 2.55. The van der Waals surface area contributed by atoms with Gasteiger partial charge in [0.25, 0.3) is 0 Å². The molecule has 0 radical (unpaired) electrons. The average molecular weight is 694 g/mol. The molecule has 21 nitrogen and oxygen atoms in total. The molecular formula is C26H47NO20. The first-order chi connectivity index (χ1) is 22.1. The molecule has 0 bridgehead atoms. The van der Waals surface area contributed by atoms with Crippen LogP contribution in [0, 0.1) is 0 Å². The van der Waals surface area contributed by atoms with E-state index in [9.17, 15) is 71.2 Å². The second kappa shape index (κ2) is 17.6. The highest BCUT2D eigenvalue weighted by atomic mass is 16.8. The molecule has 14 N–H and O–H groups in total. The number of carbonyl (C=O) groups is 1. The SMILES string of the molecule is CC(=O)N[C@H]1[C@H](O[C@@H]([C@@H](O)[C@H](O)CO)[C@@H](O)CO)O[C@H](CO)[C@@H](O[C@@H]2O[C@@H](C)[C@@H](O)[C@@H](O)[C@@H]2O)[C@@H]1O[C@@H]1O[C@H](CO)[C@H](O)[C@H](O)[C@H]1O. The minimum absolute atomic E-state index is 0.799. The Bertz CT molecular complexity index is 965. The maximum Gasteiger partial charge on any atom is 0.217 e. The van der Waals surface area contributed by atoms with Crippen LogP contribution >= 0.6 is 0 Å². The molecule has 3 rings (SSSR count). The summed E-state index contributed by atoms with van der Waals surface area (Å²) < 4.78 is 34.3. The molecule has 276 valence electrons. The molecule has 0 saturated carbocycles. The van der Waals surface area contributed by atoms with Gasteiger partial charge >= 0.3 is 0 Å². The van der Waals surface area contributed by atoms with E-state index >= 15 is 0 Å². The van der Waals surface area contributed by atoms with Crippen LogP contribution in [0.25, 0.3) is 0 Å². The van der Waals surface area contributed by atoms with E-state index in [1.54, 1.807) is 0 Å². The number of nitrogens with one attached hydrogen (secondary N) is 1. The van der Waals surface area contributed by atoms with Crippen molar-refractivity contribution in [3.63, 3.8) is 0 Å². The number of carbonyl (C=O) groups excluding carboxylic acids is 1. The fourth-order valence-corrected chi connectivity index (χ4v) is 5.48. The zero-order valence-corrected chi connectivity index (χ0v) is 25.5. The fraction of sp³-hybridized carbons (Fsp3) is 0.962. The number of aliphatic hydroxyl groups excluding tert-OH is 13. The summed E-state index contributed by atoms with van der Waals surface area (Å²) in [5, 5.41) is 135. The van der Waals surface area contributed by atoms with Crippen molar-refractivity contribution in [1.29, 1.82) is 0 Å². The minimum atomic E-state index is -2.07. The van der Waals surface area contributed by atoms with E-state index in [2.05, 4.69) is 5.32 Å². The lowest BCUT2D eigenvalue weighted by Gasteiger charge is -2.50. The third-order valence-electron chi connectivity index (χ3n) is 8.21. The van der Waals surface area contributed by atoms with Gasteiger partial charge in [0.1, 0.15) is 91.5 Å². The molecule has 3 fully saturated rings. The van der Waals surface area contributed by atoms with E-state index < -0.39 is 149 Å². The molecule has 3 saturated heterocycles. The van der Waals surface area contributed by atoms with Gasteiger partial charge in [0.05, 0.1) is 32.5 Å². The first-order valence-corrected chi connectivity index (χ1v) is 14.9. The van der Waals surface area contributed by atoms with Crippen LogP contribution < -0.4 is 5.32 Å². The predicted octanol–water partition coefficient (Wildman–Crippen LogP) is -8.94. The normalized spacial score (nSPS) is 43.9. The topological polar surface area (TPSA) is 347 Å². The first-order valence-electron chi connectivity index (χ1n) is 14.9. The van der Waals surface area contributed by atoms with Crippen molar-refractivity contribution in [1.82, 2.24) is 5.32 Å². The highest BCUT2D eigenvalue weighted by molar-refractivity contribution is 5.73. The molecule has 19 atom stereocenters. The first kappa shape index (κ1) is 40.1. The van der Waals surface area contributed by atoms with Gasteiger partial charge in [-0.1, -0.05) is 0 Å². The zero-order valence-electron chi connectivity index (χ0n) is 25.5. The molecule has 47 heavy (non-hydrogen) atoms. The van der Waals surface area contributed by atoms with Gasteiger partial charge in [-0.2, -0.15) is 0 Å². The van der Waals surface area contributed by atoms with Crippen LogP contribution in [0.3, 0.4) is 0 Å². The molecule has 0 aromatic heterocycles. The van der Waals surface area contributed by atoms with Crippen molar-refractivity contribution >= 4 is 5.91 Å². The van der Waals surface area contributed by atoms with E-state index in [0.29, 0.717) is 0 Å². The summed E-state index contributed by atoms with van der Waals surface area (Å²) in [6.45, 7) is -1.48. The van der Waals surface area contributed by atoms with E-state index in [1.165, 1.54) is 6.92 Å². The molecule has 3 aliphatic rings. The lowest BCUT2D eigenvalue weighted by molar-refractivity contribution is -0.378. The zero-order chi connectivity index (χ0) is 35.3. The molecule has 21 heteroatoms. The number of ether oxygens (including phenoxy) is 6. The lowest BCUT2D eigenvalue weighted by atomic mass is 9.94. The Morgan fingerprint density at radius 3 is 1.72 bits per heavy atom. The maximum atomic E-state index is 12.4. The molecule has 3 heterocycles. The second-order valence-corrected chi connectivity index (χ2v) is 11.6. The van der Waals surface area contributed by atoms with Crippen molar-refractivity contribution in [3.05, 3.63) is 0 Å². The van der Waals surface area contributed by atoms with Gasteiger partial charge in [-0.3, -0.25) is 4.79 Å². The number of rotatable bonds is 14. The monoisotopic (exact) mass is 693 g/mol. The van der Waals surface area contributed by atoms with E-state index in [1.807, 2.05) is 0 Å². The van der Waals surface area contributed by atoms with Crippen LogP contribution in [0.1, 0.15) is 13.8 Å². The molecular weight excluding hydrogens is 646 g/mol. The Hall–Kier alpha value is -1.29. The van der Waals surface area contributed by atoms with Crippen molar-refractivity contribution in [2.45, 2.75) is 130 Å². The third-order valence-corrected chi connectivity index (χ3v) is 8.21. The van der Waals surface area contributed by atoms with Crippen LogP contribution in [-0.2, 0) is 33.2 Å². The molecule has 1 amide bonds. The number of hydrogen-bond acceptors (Lipinski definition) is 20. The standard InChI is InChI=1S/C26H47NO20/c1-7-14(35)17(38)19(40)25(42-7)46-22-12(6-31)44-24(45-21(10(34)4-29)15(36)9(33)3-28)13(27-8(2)32)23(22)47-26-20(41)18(39)16(37)11(5-30)43-26/h7,9-26,28-31,33-41H,3-6H2,1-2H3,(H,27,32)/t7-,9+,10-,11+,12+,13+,14+,15-,16-,17+,18-,19-,20+,21+,22+,23+,24-,25-,26-/m0/s1. The number of hydrogen-bond donors (Lipinski definition) is 14. The molecule has 0 aliphatic carbocycles. The quantitative estimate of drug-likeness (QED) is 0.0803. The summed E-state index contributed by atoms with van der Waals surface area (Å²) in [7, 11) is 0. The van der Waals surface area contributed by atoms with Gasteiger partial charge in [-0.25, -0.2) is 0 Å². The summed E-state index contributed by atoms with van der Waals surface area (Å²) in [6.07, 6.45) is -32.0. The predicted molar refractivity (Wildman–Crippen MR) is 146 cm³/mol. The molecule has 0 aromatic rings. The number of amides is 1. The van der Waals surface area contributed by atoms with Gasteiger partial charge < -0.3 is 100 Å². The van der Waals surface area contributed by atoms with Gasteiger partial charge in [-0.15, -0.1) is 0 Å². The van der Waals surface area contributed by atoms with Crippen molar-refractivity contribution in [2.24, 2.45) is 0 Å². The summed E-state index contributed by atoms with van der Waals surface area (Å²) >= 11 is 0. The Morgan fingerprint density at radius 2 is 1.19 bits per heavy atom. The summed E-state index contributed by atoms with van der Waals surface area (Å²) in [5.74, 6) is -0.799. The molecule has 0 spiro atoms. The van der Waals surface area contributed by atoms with Gasteiger partial charge in [0.2, 0.25) is 5.91 Å². The second-order valence-electron chi connectivity index (χ2n) is 11.6. The molecule has 0 aromatic carbocycles. The van der Waals surface area contributed by atoms with E-state index in [0.717, 1.165) is 6.92 Å². The minimum Gasteiger partial charge on any atom is -0.394 e. The van der Waals surface area contributed by atoms with Gasteiger partial charge in [0.15, 0.2) is 18.9 Å². The largest absolute Gasteiger partial charge is 0.394 e. The van der Waals surface area contributed by atoms with Crippen molar-refractivity contribution in [2.75, 3.05) is 26.4 Å². The Labute approximate surface area is 268 Å². The smallest absolute Gasteiger partial charge is 0.217 e. The fourth-order valence-electron chi connectivity index (χ4n) is 5.48. The molecule has 0 unspecified atom stereocenters. The van der Waals surface area contributed by atoms with Crippen molar-refractivity contribution in [3.8, 4) is 0 Å². The third kappa shape index (κ3) is 9.09. The summed E-state index contributed by atoms with van der Waals surface area (Å²) in [6, 6.07) is -1.67. The summed E-state index contributed by atoms with van der Waals surface area (Å²) in [4.78, 5) is 12.4. The Kier molecular flexibility index (Phi) is 15.0. The van der Waals surface area contributed by atoms with Crippen LogP contribution in [0.15, 0.2) is 0 Å². The van der Waals surface area contributed by atoms with Crippen LogP contribution in [0.2, 0.25) is 0 Å². The summed E-state index contributed by atoms with van der Waals surface area (Å²) in [5.41, 5.74) is 0. The Morgan fingerprint density at radius 1 is 0.681 bits per heavy atom. The van der Waals surface area contributed by atoms with Crippen LogP contribution in [0.5, 0.6) is 0 Å².